The maximum absolute atomic E-state index is 11.0. The number of hydrogen-bond acceptors (Lipinski definition) is 5. The maximum Gasteiger partial charge on any atom is 0.337 e. The Morgan fingerprint density at radius 3 is 2.81 bits per heavy atom. The molecule has 2 rings (SSSR count). The topological polar surface area (TPSA) is 103 Å². The van der Waals surface area contributed by atoms with Crippen molar-refractivity contribution >= 4 is 39.2 Å². The molecule has 1 N–H and O–H groups in total. The van der Waals surface area contributed by atoms with Crippen LogP contribution in [0.2, 0.25) is 5.02 Å². The number of pyridine rings is 1. The number of carboxylic acids is 1. The van der Waals surface area contributed by atoms with Crippen molar-refractivity contribution in [2.45, 2.75) is 0 Å². The average Bonchev–Trinajstić information content (AvgIpc) is 2.42. The second-order valence-electron chi connectivity index (χ2n) is 3.76. The summed E-state index contributed by atoms with van der Waals surface area (Å²) in [6.07, 6.45) is 1.13. The number of hydrogen-bond donors (Lipinski definition) is 1. The SMILES string of the molecule is O=C(O)c1cc(Oc2cccc([N+](=O)[O-])c2Br)ncc1Cl. The van der Waals surface area contributed by atoms with Crippen molar-refractivity contribution in [3.8, 4) is 11.6 Å². The van der Waals surface area contributed by atoms with Crippen LogP contribution in [-0.4, -0.2) is 21.0 Å². The molecule has 0 atom stereocenters. The van der Waals surface area contributed by atoms with E-state index in [1.807, 2.05) is 0 Å². The fraction of sp³-hybridized carbons (Fsp3) is 0. The van der Waals surface area contributed by atoms with Crippen LogP contribution in [0.4, 0.5) is 5.69 Å². The Morgan fingerprint density at radius 2 is 2.19 bits per heavy atom. The molecule has 108 valence electrons. The van der Waals surface area contributed by atoms with E-state index in [1.165, 1.54) is 18.2 Å². The van der Waals surface area contributed by atoms with E-state index in [0.29, 0.717) is 0 Å². The minimum atomic E-state index is -1.23. The van der Waals surface area contributed by atoms with Gasteiger partial charge in [0.05, 0.1) is 21.7 Å². The van der Waals surface area contributed by atoms with Crippen molar-refractivity contribution < 1.29 is 19.6 Å². The third-order valence-corrected chi connectivity index (χ3v) is 3.51. The zero-order valence-corrected chi connectivity index (χ0v) is 12.5. The minimum absolute atomic E-state index is 0.0343. The van der Waals surface area contributed by atoms with Crippen LogP contribution in [0, 0.1) is 10.1 Å². The lowest BCUT2D eigenvalue weighted by atomic mass is 10.2. The van der Waals surface area contributed by atoms with E-state index in [4.69, 9.17) is 21.4 Å². The summed E-state index contributed by atoms with van der Waals surface area (Å²) in [4.78, 5) is 25.0. The van der Waals surface area contributed by atoms with Gasteiger partial charge >= 0.3 is 5.97 Å². The van der Waals surface area contributed by atoms with Gasteiger partial charge < -0.3 is 9.84 Å². The highest BCUT2D eigenvalue weighted by molar-refractivity contribution is 9.10. The van der Waals surface area contributed by atoms with Gasteiger partial charge in [-0.2, -0.15) is 0 Å². The Kier molecular flexibility index (Phi) is 4.39. The van der Waals surface area contributed by atoms with Crippen LogP contribution in [0.15, 0.2) is 34.9 Å². The summed E-state index contributed by atoms with van der Waals surface area (Å²) >= 11 is 8.76. The Morgan fingerprint density at radius 1 is 1.48 bits per heavy atom. The Hall–Kier alpha value is -2.19. The van der Waals surface area contributed by atoms with E-state index in [9.17, 15) is 14.9 Å². The molecule has 0 aliphatic heterocycles. The molecule has 0 saturated heterocycles. The third-order valence-electron chi connectivity index (χ3n) is 2.41. The number of nitro benzene ring substituents is 1. The number of nitro groups is 1. The molecule has 2 aromatic rings. The van der Waals surface area contributed by atoms with Crippen molar-refractivity contribution in [3.05, 3.63) is 55.6 Å². The molecule has 0 bridgehead atoms. The highest BCUT2D eigenvalue weighted by Gasteiger charge is 2.18. The first-order chi connectivity index (χ1) is 9.90. The molecule has 1 heterocycles. The first-order valence-corrected chi connectivity index (χ1v) is 6.57. The number of carboxylic acid groups (broad SMARTS) is 1. The van der Waals surface area contributed by atoms with Crippen molar-refractivity contribution in [1.29, 1.82) is 0 Å². The van der Waals surface area contributed by atoms with Gasteiger partial charge in [-0.15, -0.1) is 0 Å². The van der Waals surface area contributed by atoms with Gasteiger partial charge in [-0.05, 0) is 22.0 Å². The molecule has 0 fully saturated rings. The molecule has 0 spiro atoms. The van der Waals surface area contributed by atoms with E-state index in [0.717, 1.165) is 12.3 Å². The van der Waals surface area contributed by atoms with Gasteiger partial charge in [0.1, 0.15) is 4.47 Å². The number of nitrogens with zero attached hydrogens (tertiary/aromatic N) is 2. The molecule has 0 aliphatic carbocycles. The fourth-order valence-electron chi connectivity index (χ4n) is 1.47. The molecule has 9 heteroatoms. The van der Waals surface area contributed by atoms with Gasteiger partial charge in [0.15, 0.2) is 5.75 Å². The maximum atomic E-state index is 11.0. The van der Waals surface area contributed by atoms with Crippen molar-refractivity contribution in [1.82, 2.24) is 4.98 Å². The average molecular weight is 374 g/mol. The van der Waals surface area contributed by atoms with Crippen LogP contribution >= 0.6 is 27.5 Å². The number of halogens is 2. The molecule has 1 aromatic heterocycles. The summed E-state index contributed by atoms with van der Waals surface area (Å²) < 4.78 is 5.49. The zero-order valence-electron chi connectivity index (χ0n) is 10.1. The van der Waals surface area contributed by atoms with Gasteiger partial charge in [-0.25, -0.2) is 9.78 Å². The fourth-order valence-corrected chi connectivity index (χ4v) is 2.15. The molecule has 0 unspecified atom stereocenters. The summed E-state index contributed by atoms with van der Waals surface area (Å²) in [7, 11) is 0. The third kappa shape index (κ3) is 3.29. The zero-order chi connectivity index (χ0) is 15.6. The second kappa shape index (κ2) is 6.06. The normalized spacial score (nSPS) is 10.2. The van der Waals surface area contributed by atoms with E-state index in [1.54, 1.807) is 0 Å². The Labute approximate surface area is 131 Å². The molecule has 7 nitrogen and oxygen atoms in total. The molecule has 1 aromatic carbocycles. The van der Waals surface area contributed by atoms with E-state index in [-0.39, 0.29) is 32.4 Å². The number of aromatic carboxylic acids is 1. The van der Waals surface area contributed by atoms with Crippen LogP contribution in [0.5, 0.6) is 11.6 Å². The van der Waals surface area contributed by atoms with Gasteiger partial charge in [-0.3, -0.25) is 10.1 Å². The molecule has 0 saturated carbocycles. The lowest BCUT2D eigenvalue weighted by Gasteiger charge is -2.08. The Bertz CT molecular complexity index is 738. The minimum Gasteiger partial charge on any atom is -0.478 e. The smallest absolute Gasteiger partial charge is 0.337 e. The van der Waals surface area contributed by atoms with E-state index in [2.05, 4.69) is 20.9 Å². The lowest BCUT2D eigenvalue weighted by Crippen LogP contribution is -2.00. The van der Waals surface area contributed by atoms with Crippen LogP contribution < -0.4 is 4.74 Å². The number of benzene rings is 1. The van der Waals surface area contributed by atoms with E-state index < -0.39 is 10.9 Å². The second-order valence-corrected chi connectivity index (χ2v) is 4.96. The highest BCUT2D eigenvalue weighted by atomic mass is 79.9. The van der Waals surface area contributed by atoms with Crippen LogP contribution in [0.1, 0.15) is 10.4 Å². The standard InChI is InChI=1S/C12H6BrClN2O5/c13-11-8(16(19)20)2-1-3-9(11)21-10-4-6(12(17)18)7(14)5-15-10/h1-5H,(H,17,18). The first kappa shape index (κ1) is 15.2. The molecular weight excluding hydrogens is 367 g/mol. The van der Waals surface area contributed by atoms with E-state index >= 15 is 0 Å². The van der Waals surface area contributed by atoms with Gasteiger partial charge in [0.2, 0.25) is 5.88 Å². The number of rotatable bonds is 4. The number of carbonyl (C=O) groups is 1. The van der Waals surface area contributed by atoms with Crippen molar-refractivity contribution in [3.63, 3.8) is 0 Å². The molecule has 0 radical (unpaired) electrons. The first-order valence-electron chi connectivity index (χ1n) is 5.39. The summed E-state index contributed by atoms with van der Waals surface area (Å²) in [5.74, 6) is -1.14. The van der Waals surface area contributed by atoms with Gasteiger partial charge in [-0.1, -0.05) is 17.7 Å². The lowest BCUT2D eigenvalue weighted by molar-refractivity contribution is -0.385. The molecular formula is C12H6BrClN2O5. The monoisotopic (exact) mass is 372 g/mol. The van der Waals surface area contributed by atoms with Gasteiger partial charge in [0, 0.05) is 12.1 Å². The van der Waals surface area contributed by atoms with Crippen LogP contribution in [-0.2, 0) is 0 Å². The molecule has 0 aliphatic rings. The van der Waals surface area contributed by atoms with Crippen molar-refractivity contribution in [2.75, 3.05) is 0 Å². The number of aromatic nitrogens is 1. The predicted octanol–water partition coefficient (Wildman–Crippen LogP) is 3.90. The predicted molar refractivity (Wildman–Crippen MR) is 77.1 cm³/mol. The van der Waals surface area contributed by atoms with Crippen LogP contribution in [0.25, 0.3) is 0 Å². The Balaban J connectivity index is 2.39. The quantitative estimate of drug-likeness (QED) is 0.644. The largest absolute Gasteiger partial charge is 0.478 e. The number of ether oxygens (including phenoxy) is 1. The van der Waals surface area contributed by atoms with Crippen LogP contribution in [0.3, 0.4) is 0 Å². The summed E-state index contributed by atoms with van der Waals surface area (Å²) in [5, 5.41) is 19.8. The highest BCUT2D eigenvalue weighted by Crippen LogP contribution is 2.36. The summed E-state index contributed by atoms with van der Waals surface area (Å²) in [6, 6.07) is 5.35. The van der Waals surface area contributed by atoms with Gasteiger partial charge in [0.25, 0.3) is 5.69 Å². The summed E-state index contributed by atoms with van der Waals surface area (Å²) in [5.41, 5.74) is -0.358. The van der Waals surface area contributed by atoms with Crippen molar-refractivity contribution in [2.24, 2.45) is 0 Å². The molecule has 21 heavy (non-hydrogen) atoms. The summed E-state index contributed by atoms with van der Waals surface area (Å²) in [6.45, 7) is 0. The molecule has 0 amide bonds.